The molecule has 0 fully saturated rings. The first kappa shape index (κ1) is 12.9. The van der Waals surface area contributed by atoms with Crippen LogP contribution in [0, 0.1) is 0 Å². The van der Waals surface area contributed by atoms with E-state index in [0.717, 1.165) is 37.6 Å². The van der Waals surface area contributed by atoms with Crippen molar-refractivity contribution in [1.29, 1.82) is 0 Å². The highest BCUT2D eigenvalue weighted by atomic mass is 79.9. The van der Waals surface area contributed by atoms with Crippen LogP contribution in [0.25, 0.3) is 44.4 Å². The second kappa shape index (κ2) is 4.70. The average molecular weight is 363 g/mol. The summed E-state index contributed by atoms with van der Waals surface area (Å²) in [4.78, 5) is 8.13. The summed E-state index contributed by atoms with van der Waals surface area (Å²) in [6, 6.07) is 20.3. The zero-order chi connectivity index (χ0) is 15.4. The SMILES string of the molecule is Brc1c2nc(-c3ccccc3)oc2cc2c1[nH]c1ccccc12. The molecular formula is C19H11BrN2O. The number of para-hydroxylation sites is 1. The monoisotopic (exact) mass is 362 g/mol. The van der Waals surface area contributed by atoms with Crippen LogP contribution in [0.15, 0.2) is 69.6 Å². The third-order valence-corrected chi connectivity index (χ3v) is 4.90. The fraction of sp³-hybridized carbons (Fsp3) is 0. The number of oxazole rings is 1. The van der Waals surface area contributed by atoms with E-state index in [-0.39, 0.29) is 0 Å². The van der Waals surface area contributed by atoms with Crippen molar-refractivity contribution in [2.75, 3.05) is 0 Å². The number of aromatic nitrogens is 2. The van der Waals surface area contributed by atoms with Crippen LogP contribution in [0.1, 0.15) is 0 Å². The molecule has 3 aromatic carbocycles. The Bertz CT molecular complexity index is 1170. The minimum Gasteiger partial charge on any atom is -0.436 e. The van der Waals surface area contributed by atoms with E-state index in [1.807, 2.05) is 42.5 Å². The number of nitrogens with one attached hydrogen (secondary N) is 1. The summed E-state index contributed by atoms with van der Waals surface area (Å²) >= 11 is 3.69. The van der Waals surface area contributed by atoms with Crippen molar-refractivity contribution in [2.24, 2.45) is 0 Å². The maximum Gasteiger partial charge on any atom is 0.227 e. The fourth-order valence-corrected chi connectivity index (χ4v) is 3.62. The molecule has 3 nitrogen and oxygen atoms in total. The van der Waals surface area contributed by atoms with Crippen LogP contribution >= 0.6 is 15.9 Å². The second-order valence-corrected chi connectivity index (χ2v) is 6.31. The van der Waals surface area contributed by atoms with E-state index in [1.54, 1.807) is 0 Å². The van der Waals surface area contributed by atoms with E-state index in [9.17, 15) is 0 Å². The number of hydrogen-bond donors (Lipinski definition) is 1. The smallest absolute Gasteiger partial charge is 0.227 e. The molecule has 23 heavy (non-hydrogen) atoms. The van der Waals surface area contributed by atoms with Gasteiger partial charge in [0, 0.05) is 21.9 Å². The van der Waals surface area contributed by atoms with E-state index < -0.39 is 0 Å². The summed E-state index contributed by atoms with van der Waals surface area (Å²) in [6.45, 7) is 0. The van der Waals surface area contributed by atoms with Gasteiger partial charge in [0.1, 0.15) is 5.52 Å². The molecule has 0 saturated heterocycles. The molecule has 0 spiro atoms. The Morgan fingerprint density at radius 2 is 1.70 bits per heavy atom. The molecule has 2 heterocycles. The number of aromatic amines is 1. The number of benzene rings is 3. The molecule has 0 aliphatic heterocycles. The molecule has 2 aromatic heterocycles. The lowest BCUT2D eigenvalue weighted by Crippen LogP contribution is -1.77. The second-order valence-electron chi connectivity index (χ2n) is 5.52. The van der Waals surface area contributed by atoms with E-state index in [2.05, 4.69) is 44.1 Å². The van der Waals surface area contributed by atoms with Gasteiger partial charge in [0.25, 0.3) is 0 Å². The Labute approximate surface area is 140 Å². The minimum atomic E-state index is 0.637. The van der Waals surface area contributed by atoms with Crippen molar-refractivity contribution in [3.05, 3.63) is 65.1 Å². The molecule has 5 rings (SSSR count). The number of hydrogen-bond acceptors (Lipinski definition) is 2. The maximum atomic E-state index is 6.01. The summed E-state index contributed by atoms with van der Waals surface area (Å²) in [6.07, 6.45) is 0. The molecule has 0 aliphatic rings. The highest BCUT2D eigenvalue weighted by molar-refractivity contribution is 9.10. The van der Waals surface area contributed by atoms with E-state index in [4.69, 9.17) is 4.42 Å². The Balaban J connectivity index is 1.86. The van der Waals surface area contributed by atoms with Gasteiger partial charge in [-0.05, 0) is 40.2 Å². The first-order valence-electron chi connectivity index (χ1n) is 7.36. The largest absolute Gasteiger partial charge is 0.436 e. The van der Waals surface area contributed by atoms with Crippen molar-refractivity contribution in [2.45, 2.75) is 0 Å². The Morgan fingerprint density at radius 3 is 2.57 bits per heavy atom. The molecule has 0 atom stereocenters. The van der Waals surface area contributed by atoms with Crippen LogP contribution in [-0.4, -0.2) is 9.97 Å². The number of halogens is 1. The van der Waals surface area contributed by atoms with Crippen LogP contribution in [0.2, 0.25) is 0 Å². The summed E-state index contributed by atoms with van der Waals surface area (Å²) in [5, 5.41) is 2.32. The molecule has 4 heteroatoms. The number of fused-ring (bicyclic) bond motifs is 4. The van der Waals surface area contributed by atoms with Gasteiger partial charge in [-0.2, -0.15) is 0 Å². The predicted molar refractivity (Wildman–Crippen MR) is 96.5 cm³/mol. The van der Waals surface area contributed by atoms with Gasteiger partial charge in [-0.1, -0.05) is 36.4 Å². The van der Waals surface area contributed by atoms with Gasteiger partial charge in [0.2, 0.25) is 5.89 Å². The first-order chi connectivity index (χ1) is 11.3. The van der Waals surface area contributed by atoms with Gasteiger partial charge >= 0.3 is 0 Å². The lowest BCUT2D eigenvalue weighted by atomic mass is 10.1. The molecular weight excluding hydrogens is 352 g/mol. The highest BCUT2D eigenvalue weighted by Gasteiger charge is 2.16. The fourth-order valence-electron chi connectivity index (χ4n) is 3.03. The van der Waals surface area contributed by atoms with E-state index >= 15 is 0 Å². The van der Waals surface area contributed by atoms with Crippen molar-refractivity contribution in [1.82, 2.24) is 9.97 Å². The molecule has 0 amide bonds. The van der Waals surface area contributed by atoms with Gasteiger partial charge in [-0.3, -0.25) is 0 Å². The Morgan fingerprint density at radius 1 is 0.913 bits per heavy atom. The quantitative estimate of drug-likeness (QED) is 0.403. The summed E-state index contributed by atoms with van der Waals surface area (Å²) in [5.74, 6) is 0.637. The van der Waals surface area contributed by atoms with Crippen LogP contribution in [0.4, 0.5) is 0 Å². The standard InChI is InChI=1S/C19H11BrN2O/c20-16-17-13(12-8-4-5-9-14(12)21-17)10-15-18(16)22-19(23-15)11-6-2-1-3-7-11/h1-10,21H. The van der Waals surface area contributed by atoms with Crippen molar-refractivity contribution < 1.29 is 4.42 Å². The predicted octanol–water partition coefficient (Wildman–Crippen LogP) is 5.89. The normalized spacial score (nSPS) is 11.7. The molecule has 110 valence electrons. The Kier molecular flexibility index (Phi) is 2.64. The van der Waals surface area contributed by atoms with Gasteiger partial charge in [0.15, 0.2) is 5.58 Å². The maximum absolute atomic E-state index is 6.01. The van der Waals surface area contributed by atoms with E-state index in [0.29, 0.717) is 5.89 Å². The summed E-state index contributed by atoms with van der Waals surface area (Å²) in [5.41, 5.74) is 4.76. The minimum absolute atomic E-state index is 0.637. The average Bonchev–Trinajstić information content (AvgIpc) is 3.18. The topological polar surface area (TPSA) is 41.8 Å². The zero-order valence-corrected chi connectivity index (χ0v) is 13.6. The lowest BCUT2D eigenvalue weighted by Gasteiger charge is -1.95. The zero-order valence-electron chi connectivity index (χ0n) is 12.0. The molecule has 5 aromatic rings. The molecule has 1 N–H and O–H groups in total. The highest BCUT2D eigenvalue weighted by Crippen LogP contribution is 2.37. The molecule has 0 aliphatic carbocycles. The molecule has 0 saturated carbocycles. The number of nitrogens with zero attached hydrogens (tertiary/aromatic N) is 1. The third-order valence-electron chi connectivity index (χ3n) is 4.12. The van der Waals surface area contributed by atoms with Crippen LogP contribution in [0.5, 0.6) is 0 Å². The van der Waals surface area contributed by atoms with Crippen molar-refractivity contribution in [3.8, 4) is 11.5 Å². The first-order valence-corrected chi connectivity index (χ1v) is 8.15. The van der Waals surface area contributed by atoms with Crippen LogP contribution in [0.3, 0.4) is 0 Å². The van der Waals surface area contributed by atoms with Gasteiger partial charge in [-0.15, -0.1) is 0 Å². The van der Waals surface area contributed by atoms with Gasteiger partial charge in [-0.25, -0.2) is 4.98 Å². The molecule has 0 unspecified atom stereocenters. The van der Waals surface area contributed by atoms with Gasteiger partial charge in [0.05, 0.1) is 9.99 Å². The van der Waals surface area contributed by atoms with Crippen LogP contribution in [-0.2, 0) is 0 Å². The number of rotatable bonds is 1. The molecule has 0 radical (unpaired) electrons. The number of H-pyrrole nitrogens is 1. The van der Waals surface area contributed by atoms with Crippen LogP contribution < -0.4 is 0 Å². The van der Waals surface area contributed by atoms with Crippen molar-refractivity contribution in [3.63, 3.8) is 0 Å². The van der Waals surface area contributed by atoms with Crippen molar-refractivity contribution >= 4 is 48.8 Å². The third kappa shape index (κ3) is 1.85. The summed E-state index contributed by atoms with van der Waals surface area (Å²) < 4.78 is 6.94. The van der Waals surface area contributed by atoms with Gasteiger partial charge < -0.3 is 9.40 Å². The summed E-state index contributed by atoms with van der Waals surface area (Å²) in [7, 11) is 0. The lowest BCUT2D eigenvalue weighted by molar-refractivity contribution is 0.620. The van der Waals surface area contributed by atoms with E-state index in [1.165, 1.54) is 5.39 Å². The molecule has 0 bridgehead atoms. The Hall–Kier alpha value is -2.59.